The van der Waals surface area contributed by atoms with Crippen LogP contribution < -0.4 is 10.6 Å². The molecule has 4 nitrogen and oxygen atoms in total. The summed E-state index contributed by atoms with van der Waals surface area (Å²) >= 11 is 4.98. The summed E-state index contributed by atoms with van der Waals surface area (Å²) in [6, 6.07) is 7.09. The minimum absolute atomic E-state index is 0.00111. The van der Waals surface area contributed by atoms with E-state index in [4.69, 9.17) is 12.2 Å². The molecule has 0 aliphatic heterocycles. The van der Waals surface area contributed by atoms with Gasteiger partial charge in [0.1, 0.15) is 0 Å². The number of thiocarbonyl (C=S) groups is 1. The average molecular weight is 262 g/mol. The third-order valence-corrected chi connectivity index (χ3v) is 2.97. The number of amides is 1. The quantitative estimate of drug-likeness (QED) is 0.645. The molecule has 0 spiro atoms. The van der Waals surface area contributed by atoms with Crippen molar-refractivity contribution in [3.8, 4) is 0 Å². The van der Waals surface area contributed by atoms with Gasteiger partial charge in [-0.3, -0.25) is 9.59 Å². The Morgan fingerprint density at radius 2 is 1.83 bits per heavy atom. The molecule has 0 atom stereocenters. The van der Waals surface area contributed by atoms with Crippen LogP contribution in [0.4, 0.5) is 5.69 Å². The number of benzene rings is 1. The van der Waals surface area contributed by atoms with Gasteiger partial charge in [-0.1, -0.05) is 12.2 Å². The van der Waals surface area contributed by atoms with Crippen molar-refractivity contribution in [3.63, 3.8) is 0 Å². The van der Waals surface area contributed by atoms with Gasteiger partial charge < -0.3 is 10.6 Å². The van der Waals surface area contributed by atoms with Crippen molar-refractivity contribution in [3.05, 3.63) is 29.8 Å². The summed E-state index contributed by atoms with van der Waals surface area (Å²) < 4.78 is 0. The monoisotopic (exact) mass is 262 g/mol. The van der Waals surface area contributed by atoms with Crippen LogP contribution in [-0.4, -0.2) is 22.7 Å². The Labute approximate surface area is 111 Å². The fraction of sp³-hybridized carbons (Fsp3) is 0.308. The number of carbonyl (C=O) groups excluding carboxylic acids is 2. The van der Waals surface area contributed by atoms with E-state index in [2.05, 4.69) is 10.6 Å². The first kappa shape index (κ1) is 12.7. The summed E-state index contributed by atoms with van der Waals surface area (Å²) in [7, 11) is 0. The lowest BCUT2D eigenvalue weighted by Gasteiger charge is -2.08. The first-order valence-corrected chi connectivity index (χ1v) is 6.20. The molecule has 0 radical (unpaired) electrons. The maximum atomic E-state index is 11.7. The predicted octanol–water partition coefficient (Wildman–Crippen LogP) is 1.91. The molecule has 1 aliphatic carbocycles. The second kappa shape index (κ2) is 5.27. The van der Waals surface area contributed by atoms with Gasteiger partial charge in [0.15, 0.2) is 10.8 Å². The molecule has 0 unspecified atom stereocenters. The molecule has 1 aromatic carbocycles. The van der Waals surface area contributed by atoms with Crippen LogP contribution in [0.5, 0.6) is 0 Å². The van der Waals surface area contributed by atoms with Gasteiger partial charge in [0, 0.05) is 17.3 Å². The number of Topliss-reactive ketones (excluding diaryl/α,β-unsaturated/α-hetero) is 1. The Balaban J connectivity index is 1.93. The minimum atomic E-state index is -0.313. The van der Waals surface area contributed by atoms with E-state index in [1.165, 1.54) is 6.92 Å². The predicted molar refractivity (Wildman–Crippen MR) is 73.8 cm³/mol. The highest BCUT2D eigenvalue weighted by molar-refractivity contribution is 7.82. The van der Waals surface area contributed by atoms with Gasteiger partial charge in [0.2, 0.25) is 0 Å². The zero-order chi connectivity index (χ0) is 13.1. The second-order valence-corrected chi connectivity index (χ2v) is 4.74. The Morgan fingerprint density at radius 3 is 2.33 bits per heavy atom. The number of nitrogens with one attached hydrogen (secondary N) is 2. The molecule has 2 rings (SSSR count). The van der Waals surface area contributed by atoms with Crippen LogP contribution in [0.1, 0.15) is 30.1 Å². The maximum absolute atomic E-state index is 11.7. The number of hydrogen-bond acceptors (Lipinski definition) is 3. The first-order valence-electron chi connectivity index (χ1n) is 5.79. The second-order valence-electron chi connectivity index (χ2n) is 4.34. The highest BCUT2D eigenvalue weighted by Gasteiger charge is 2.24. The summed E-state index contributed by atoms with van der Waals surface area (Å²) in [6.07, 6.45) is 2.14. The van der Waals surface area contributed by atoms with Gasteiger partial charge in [-0.2, -0.15) is 0 Å². The van der Waals surface area contributed by atoms with Crippen LogP contribution in [0.25, 0.3) is 0 Å². The van der Waals surface area contributed by atoms with E-state index in [1.807, 2.05) is 0 Å². The van der Waals surface area contributed by atoms with Gasteiger partial charge in [0.05, 0.1) is 0 Å². The van der Waals surface area contributed by atoms with E-state index in [1.54, 1.807) is 24.3 Å². The Hall–Kier alpha value is -1.75. The van der Waals surface area contributed by atoms with Crippen molar-refractivity contribution in [2.45, 2.75) is 25.8 Å². The van der Waals surface area contributed by atoms with Gasteiger partial charge >= 0.3 is 0 Å². The van der Waals surface area contributed by atoms with Crippen molar-refractivity contribution < 1.29 is 9.59 Å². The van der Waals surface area contributed by atoms with Gasteiger partial charge in [-0.25, -0.2) is 0 Å². The summed E-state index contributed by atoms with van der Waals surface area (Å²) in [5, 5.41) is 5.66. The SMILES string of the molecule is CC(=O)c1ccc(NC(=O)C(=S)NC2CC2)cc1. The lowest BCUT2D eigenvalue weighted by molar-refractivity contribution is -0.110. The van der Waals surface area contributed by atoms with E-state index in [-0.39, 0.29) is 16.7 Å². The molecule has 0 saturated heterocycles. The molecule has 1 amide bonds. The normalized spacial score (nSPS) is 13.8. The lowest BCUT2D eigenvalue weighted by atomic mass is 10.1. The first-order chi connectivity index (χ1) is 8.56. The van der Waals surface area contributed by atoms with Crippen LogP contribution in [0.15, 0.2) is 24.3 Å². The molecule has 1 aliphatic rings. The molecule has 1 fully saturated rings. The third kappa shape index (κ3) is 3.37. The highest BCUT2D eigenvalue weighted by Crippen LogP contribution is 2.18. The smallest absolute Gasteiger partial charge is 0.283 e. The third-order valence-electron chi connectivity index (χ3n) is 2.67. The molecule has 18 heavy (non-hydrogen) atoms. The maximum Gasteiger partial charge on any atom is 0.283 e. The van der Waals surface area contributed by atoms with E-state index >= 15 is 0 Å². The topological polar surface area (TPSA) is 58.2 Å². The molecule has 2 N–H and O–H groups in total. The molecule has 0 bridgehead atoms. The van der Waals surface area contributed by atoms with Crippen molar-refractivity contribution in [1.82, 2.24) is 5.32 Å². The Bertz CT molecular complexity index is 492. The number of ketones is 1. The van der Waals surface area contributed by atoms with Crippen LogP contribution >= 0.6 is 12.2 Å². The zero-order valence-electron chi connectivity index (χ0n) is 10.0. The summed E-state index contributed by atoms with van der Waals surface area (Å²) in [5.41, 5.74) is 1.25. The van der Waals surface area contributed by atoms with E-state index in [0.29, 0.717) is 17.3 Å². The standard InChI is InChI=1S/C13H14N2O2S/c1-8(16)9-2-4-10(5-3-9)14-12(17)13(18)15-11-6-7-11/h2-5,11H,6-7H2,1H3,(H,14,17)(H,15,18). The highest BCUT2D eigenvalue weighted by atomic mass is 32.1. The lowest BCUT2D eigenvalue weighted by Crippen LogP contribution is -2.35. The van der Waals surface area contributed by atoms with Crippen LogP contribution in [0, 0.1) is 0 Å². The molecular weight excluding hydrogens is 248 g/mol. The molecule has 0 aromatic heterocycles. The Kier molecular flexibility index (Phi) is 3.72. The number of anilines is 1. The van der Waals surface area contributed by atoms with E-state index in [9.17, 15) is 9.59 Å². The molecular formula is C13H14N2O2S. The number of hydrogen-bond donors (Lipinski definition) is 2. The summed E-state index contributed by atoms with van der Waals surface area (Å²) in [6.45, 7) is 1.50. The van der Waals surface area contributed by atoms with Gasteiger partial charge in [-0.15, -0.1) is 0 Å². The average Bonchev–Trinajstić information content (AvgIpc) is 3.13. The Morgan fingerprint density at radius 1 is 1.22 bits per heavy atom. The fourth-order valence-electron chi connectivity index (χ4n) is 1.45. The van der Waals surface area contributed by atoms with Crippen LogP contribution in [-0.2, 0) is 4.79 Å². The molecule has 0 heterocycles. The minimum Gasteiger partial charge on any atom is -0.369 e. The zero-order valence-corrected chi connectivity index (χ0v) is 10.8. The van der Waals surface area contributed by atoms with Crippen LogP contribution in [0.3, 0.4) is 0 Å². The van der Waals surface area contributed by atoms with Crippen molar-refractivity contribution in [2.75, 3.05) is 5.32 Å². The van der Waals surface area contributed by atoms with E-state index in [0.717, 1.165) is 12.8 Å². The van der Waals surface area contributed by atoms with Gasteiger partial charge in [-0.05, 0) is 44.0 Å². The molecule has 1 saturated carbocycles. The summed E-state index contributed by atoms with van der Waals surface area (Å²) in [5.74, 6) is -0.314. The van der Waals surface area contributed by atoms with Gasteiger partial charge in [0.25, 0.3) is 5.91 Å². The van der Waals surface area contributed by atoms with Crippen molar-refractivity contribution in [1.29, 1.82) is 0 Å². The largest absolute Gasteiger partial charge is 0.369 e. The van der Waals surface area contributed by atoms with E-state index < -0.39 is 0 Å². The number of rotatable bonds is 3. The molecule has 94 valence electrons. The van der Waals surface area contributed by atoms with Crippen molar-refractivity contribution >= 4 is 34.6 Å². The van der Waals surface area contributed by atoms with Crippen LogP contribution in [0.2, 0.25) is 0 Å². The molecule has 5 heteroatoms. The fourth-order valence-corrected chi connectivity index (χ4v) is 1.67. The van der Waals surface area contributed by atoms with Crippen molar-refractivity contribution in [2.24, 2.45) is 0 Å². The number of carbonyl (C=O) groups is 2. The molecule has 1 aromatic rings. The summed E-state index contributed by atoms with van der Waals surface area (Å²) in [4.78, 5) is 23.0.